The SMILES string of the molecule is CCCCCCCCCCCCCCCCCCCCCCCCC/C=C/C(O)C(CO)NC(=O)CCCCCCCCCCCCCCCCCCC/C=C\CCCCCCCCCCCCCCCCCCOC(=O)CCCCCCCCCCCCCCCCCCC. The molecule has 0 aromatic rings. The molecule has 0 fully saturated rings. The van der Waals surface area contributed by atoms with Crippen LogP contribution >= 0.6 is 0 Å². The van der Waals surface area contributed by atoms with Crippen molar-refractivity contribution in [3.05, 3.63) is 24.3 Å². The standard InChI is InChI=1S/C90H175NO5/c1-3-5-7-9-11-13-15-17-19-21-22-23-24-38-41-44-47-51-54-58-62-66-70-74-78-82-88(93)87(86-92)91-89(94)83-79-75-71-67-63-59-55-52-48-45-42-39-36-34-32-30-28-26-25-27-29-31-33-35-37-40-43-46-49-53-57-61-65-69-73-77-81-85-96-90(95)84-80-76-72-68-64-60-56-50-20-18-16-14-12-10-8-6-4-2/h25,27,78,82,87-88,92-93H,3-24,26,28-77,79-81,83-86H2,1-2H3,(H,91,94)/b27-25-,82-78+. The monoisotopic (exact) mass is 1350 g/mol. The molecule has 3 N–H and O–H groups in total. The van der Waals surface area contributed by atoms with E-state index in [9.17, 15) is 19.8 Å². The van der Waals surface area contributed by atoms with Crippen LogP contribution in [0.15, 0.2) is 24.3 Å². The fourth-order valence-corrected chi connectivity index (χ4v) is 14.5. The van der Waals surface area contributed by atoms with E-state index in [1.165, 1.54) is 449 Å². The van der Waals surface area contributed by atoms with Gasteiger partial charge in [-0.25, -0.2) is 0 Å². The zero-order chi connectivity index (χ0) is 69.1. The number of carbonyl (C=O) groups is 2. The summed E-state index contributed by atoms with van der Waals surface area (Å²) in [4.78, 5) is 24.7. The Kier molecular flexibility index (Phi) is 84.3. The van der Waals surface area contributed by atoms with Gasteiger partial charge in [0.05, 0.1) is 25.4 Å². The van der Waals surface area contributed by atoms with Gasteiger partial charge < -0.3 is 20.3 Å². The van der Waals surface area contributed by atoms with E-state index < -0.39 is 12.1 Å². The Morgan fingerprint density at radius 2 is 0.490 bits per heavy atom. The minimum absolute atomic E-state index is 0.0265. The third kappa shape index (κ3) is 81.3. The maximum Gasteiger partial charge on any atom is 0.305 e. The minimum atomic E-state index is -0.843. The van der Waals surface area contributed by atoms with Crippen LogP contribution in [0.1, 0.15) is 515 Å². The van der Waals surface area contributed by atoms with Gasteiger partial charge >= 0.3 is 5.97 Å². The summed E-state index contributed by atoms with van der Waals surface area (Å²) in [5.74, 6) is -0.0313. The number of allylic oxidation sites excluding steroid dienone is 3. The van der Waals surface area contributed by atoms with Crippen molar-refractivity contribution >= 4 is 11.9 Å². The van der Waals surface area contributed by atoms with Crippen molar-refractivity contribution in [3.8, 4) is 0 Å². The van der Waals surface area contributed by atoms with Crippen LogP contribution in [0.25, 0.3) is 0 Å². The molecule has 0 aliphatic rings. The second-order valence-corrected chi connectivity index (χ2v) is 30.9. The predicted octanol–water partition coefficient (Wildman–Crippen LogP) is 29.9. The maximum absolute atomic E-state index is 12.6. The van der Waals surface area contributed by atoms with Gasteiger partial charge in [0.15, 0.2) is 0 Å². The van der Waals surface area contributed by atoms with Crippen molar-refractivity contribution in [2.75, 3.05) is 13.2 Å². The molecule has 0 rings (SSSR count). The highest BCUT2D eigenvalue weighted by molar-refractivity contribution is 5.76. The number of amides is 1. The van der Waals surface area contributed by atoms with Crippen LogP contribution < -0.4 is 5.32 Å². The first kappa shape index (κ1) is 94.3. The second-order valence-electron chi connectivity index (χ2n) is 30.9. The lowest BCUT2D eigenvalue weighted by Gasteiger charge is -2.20. The Morgan fingerprint density at radius 1 is 0.281 bits per heavy atom. The lowest BCUT2D eigenvalue weighted by molar-refractivity contribution is -0.143. The van der Waals surface area contributed by atoms with Gasteiger partial charge in [-0.15, -0.1) is 0 Å². The van der Waals surface area contributed by atoms with E-state index in [4.69, 9.17) is 4.74 Å². The molecule has 0 radical (unpaired) electrons. The molecule has 1 amide bonds. The molecule has 0 spiro atoms. The van der Waals surface area contributed by atoms with Crippen LogP contribution in [0.3, 0.4) is 0 Å². The molecular weight excluding hydrogens is 1170 g/mol. The molecule has 0 aliphatic carbocycles. The molecule has 0 bridgehead atoms. The first-order valence-corrected chi connectivity index (χ1v) is 44.6. The lowest BCUT2D eigenvalue weighted by atomic mass is 10.0. The summed E-state index contributed by atoms with van der Waals surface area (Å²) in [7, 11) is 0. The van der Waals surface area contributed by atoms with Gasteiger partial charge in [-0.2, -0.15) is 0 Å². The molecule has 6 heteroatoms. The Balaban J connectivity index is 3.34. The van der Waals surface area contributed by atoms with Gasteiger partial charge in [-0.05, 0) is 57.8 Å². The van der Waals surface area contributed by atoms with Crippen molar-refractivity contribution in [1.82, 2.24) is 5.32 Å². The van der Waals surface area contributed by atoms with E-state index in [0.717, 1.165) is 38.5 Å². The zero-order valence-electron chi connectivity index (χ0n) is 65.7. The number of hydrogen-bond acceptors (Lipinski definition) is 5. The Hall–Kier alpha value is -1.66. The Morgan fingerprint density at radius 3 is 0.740 bits per heavy atom. The fraction of sp³-hybridized carbons (Fsp3) is 0.933. The van der Waals surface area contributed by atoms with E-state index in [2.05, 4.69) is 31.3 Å². The van der Waals surface area contributed by atoms with E-state index in [1.54, 1.807) is 6.08 Å². The molecule has 570 valence electrons. The zero-order valence-corrected chi connectivity index (χ0v) is 65.7. The molecule has 0 saturated carbocycles. The molecule has 2 unspecified atom stereocenters. The fourth-order valence-electron chi connectivity index (χ4n) is 14.5. The van der Waals surface area contributed by atoms with E-state index in [-0.39, 0.29) is 18.5 Å². The number of aliphatic hydroxyl groups excluding tert-OH is 2. The van der Waals surface area contributed by atoms with Crippen molar-refractivity contribution < 1.29 is 24.5 Å². The highest BCUT2D eigenvalue weighted by Gasteiger charge is 2.18. The number of ether oxygens (including phenoxy) is 1. The maximum atomic E-state index is 12.6. The van der Waals surface area contributed by atoms with Crippen molar-refractivity contribution in [2.45, 2.75) is 527 Å². The van der Waals surface area contributed by atoms with Crippen LogP contribution in [-0.4, -0.2) is 47.4 Å². The van der Waals surface area contributed by atoms with E-state index in [0.29, 0.717) is 19.4 Å². The lowest BCUT2D eigenvalue weighted by Crippen LogP contribution is -2.45. The van der Waals surface area contributed by atoms with Gasteiger partial charge in [0, 0.05) is 12.8 Å². The highest BCUT2D eigenvalue weighted by Crippen LogP contribution is 2.21. The summed E-state index contributed by atoms with van der Waals surface area (Å²) in [6, 6.07) is -0.626. The smallest absolute Gasteiger partial charge is 0.305 e. The normalized spacial score (nSPS) is 12.5. The van der Waals surface area contributed by atoms with Gasteiger partial charge in [-0.1, -0.05) is 468 Å². The summed E-state index contributed by atoms with van der Waals surface area (Å²) < 4.78 is 5.52. The summed E-state index contributed by atoms with van der Waals surface area (Å²) >= 11 is 0. The summed E-state index contributed by atoms with van der Waals surface area (Å²) in [6.45, 7) is 4.98. The number of aliphatic hydroxyl groups is 2. The van der Waals surface area contributed by atoms with Crippen LogP contribution in [0.2, 0.25) is 0 Å². The molecule has 0 aliphatic heterocycles. The average Bonchev–Trinajstić information content (AvgIpc) is 3.49. The van der Waals surface area contributed by atoms with Crippen LogP contribution in [0, 0.1) is 0 Å². The van der Waals surface area contributed by atoms with Gasteiger partial charge in [0.25, 0.3) is 0 Å². The van der Waals surface area contributed by atoms with Crippen LogP contribution in [-0.2, 0) is 14.3 Å². The van der Waals surface area contributed by atoms with Gasteiger partial charge in [0.1, 0.15) is 0 Å². The van der Waals surface area contributed by atoms with E-state index >= 15 is 0 Å². The first-order valence-electron chi connectivity index (χ1n) is 44.6. The minimum Gasteiger partial charge on any atom is -0.466 e. The van der Waals surface area contributed by atoms with Gasteiger partial charge in [0.2, 0.25) is 5.91 Å². The average molecular weight is 1350 g/mol. The third-order valence-corrected chi connectivity index (χ3v) is 21.2. The molecule has 2 atom stereocenters. The Labute approximate surface area is 602 Å². The second kappa shape index (κ2) is 85.8. The number of unbranched alkanes of at least 4 members (excludes halogenated alkanes) is 72. The number of carbonyl (C=O) groups excluding carboxylic acids is 2. The Bertz CT molecular complexity index is 1510. The number of hydrogen-bond donors (Lipinski definition) is 3. The number of esters is 1. The van der Waals surface area contributed by atoms with Crippen molar-refractivity contribution in [1.29, 1.82) is 0 Å². The highest BCUT2D eigenvalue weighted by atomic mass is 16.5. The van der Waals surface area contributed by atoms with E-state index in [1.807, 2.05) is 6.08 Å². The molecular formula is C90H175NO5. The largest absolute Gasteiger partial charge is 0.466 e. The van der Waals surface area contributed by atoms with Crippen LogP contribution in [0.4, 0.5) is 0 Å². The third-order valence-electron chi connectivity index (χ3n) is 21.2. The molecule has 6 nitrogen and oxygen atoms in total. The molecule has 0 aromatic heterocycles. The van der Waals surface area contributed by atoms with Crippen molar-refractivity contribution in [2.24, 2.45) is 0 Å². The van der Waals surface area contributed by atoms with Crippen LogP contribution in [0.5, 0.6) is 0 Å². The molecule has 96 heavy (non-hydrogen) atoms. The molecule has 0 saturated heterocycles. The number of rotatable bonds is 85. The topological polar surface area (TPSA) is 95.9 Å². The quantitative estimate of drug-likeness (QED) is 0.0320. The van der Waals surface area contributed by atoms with Crippen molar-refractivity contribution in [3.63, 3.8) is 0 Å². The summed E-state index contributed by atoms with van der Waals surface area (Å²) in [6.07, 6.45) is 112. The summed E-state index contributed by atoms with van der Waals surface area (Å²) in [5.41, 5.74) is 0. The number of nitrogens with one attached hydrogen (secondary N) is 1. The summed E-state index contributed by atoms with van der Waals surface area (Å²) in [5, 5.41) is 23.4. The molecule has 0 aromatic carbocycles. The first-order chi connectivity index (χ1) is 47.5. The van der Waals surface area contributed by atoms with Gasteiger partial charge in [-0.3, -0.25) is 9.59 Å². The predicted molar refractivity (Wildman–Crippen MR) is 426 cm³/mol. The molecule has 0 heterocycles.